The smallest absolute Gasteiger partial charge is 0.248 e. The third kappa shape index (κ3) is 2.07. The molecule has 0 aliphatic rings. The summed E-state index contributed by atoms with van der Waals surface area (Å²) in [6, 6.07) is 13.8. The summed E-state index contributed by atoms with van der Waals surface area (Å²) in [6.45, 7) is 3.98. The molecular weight excluding hydrogens is 210 g/mol. The molecule has 0 saturated carbocycles. The SMILES string of the molecule is Cc1ccc(C(N)=O)c(C)c1-c1ccccc1. The van der Waals surface area contributed by atoms with Crippen LogP contribution in [0.5, 0.6) is 0 Å². The highest BCUT2D eigenvalue weighted by Crippen LogP contribution is 2.28. The number of amides is 1. The van der Waals surface area contributed by atoms with Crippen molar-refractivity contribution in [1.82, 2.24) is 0 Å². The minimum absolute atomic E-state index is 0.375. The molecule has 2 rings (SSSR count). The van der Waals surface area contributed by atoms with Crippen molar-refractivity contribution in [3.63, 3.8) is 0 Å². The molecule has 0 radical (unpaired) electrons. The standard InChI is InChI=1S/C15H15NO/c1-10-8-9-13(15(16)17)11(2)14(10)12-6-4-3-5-7-12/h3-9H,1-2H3,(H2,16,17). The van der Waals surface area contributed by atoms with E-state index in [2.05, 4.69) is 0 Å². The first-order valence-electron chi connectivity index (χ1n) is 5.56. The lowest BCUT2D eigenvalue weighted by Crippen LogP contribution is -2.13. The molecule has 2 aromatic carbocycles. The molecule has 0 saturated heterocycles. The van der Waals surface area contributed by atoms with Crippen molar-refractivity contribution in [2.45, 2.75) is 13.8 Å². The van der Waals surface area contributed by atoms with E-state index >= 15 is 0 Å². The van der Waals surface area contributed by atoms with Crippen molar-refractivity contribution in [3.05, 3.63) is 59.2 Å². The van der Waals surface area contributed by atoms with E-state index in [0.29, 0.717) is 5.56 Å². The second-order valence-electron chi connectivity index (χ2n) is 4.16. The highest BCUT2D eigenvalue weighted by Gasteiger charge is 2.12. The van der Waals surface area contributed by atoms with Crippen LogP contribution in [-0.4, -0.2) is 5.91 Å². The predicted molar refractivity (Wildman–Crippen MR) is 69.9 cm³/mol. The second-order valence-corrected chi connectivity index (χ2v) is 4.16. The van der Waals surface area contributed by atoms with Crippen LogP contribution in [0, 0.1) is 13.8 Å². The third-order valence-corrected chi connectivity index (χ3v) is 3.00. The number of carbonyl (C=O) groups is 1. The molecule has 2 nitrogen and oxygen atoms in total. The van der Waals surface area contributed by atoms with Gasteiger partial charge in [-0.25, -0.2) is 0 Å². The van der Waals surface area contributed by atoms with Crippen molar-refractivity contribution in [3.8, 4) is 11.1 Å². The predicted octanol–water partition coefficient (Wildman–Crippen LogP) is 3.07. The van der Waals surface area contributed by atoms with Crippen LogP contribution in [0.15, 0.2) is 42.5 Å². The van der Waals surface area contributed by atoms with Gasteiger partial charge >= 0.3 is 0 Å². The summed E-state index contributed by atoms with van der Waals surface area (Å²) in [5.74, 6) is -0.375. The molecule has 0 heterocycles. The van der Waals surface area contributed by atoms with E-state index < -0.39 is 0 Å². The molecule has 2 heteroatoms. The third-order valence-electron chi connectivity index (χ3n) is 3.00. The van der Waals surface area contributed by atoms with Gasteiger partial charge in [0, 0.05) is 5.56 Å². The fourth-order valence-corrected chi connectivity index (χ4v) is 2.16. The van der Waals surface area contributed by atoms with Gasteiger partial charge in [-0.3, -0.25) is 4.79 Å². The Balaban J connectivity index is 2.69. The Hall–Kier alpha value is -2.09. The van der Waals surface area contributed by atoms with Gasteiger partial charge < -0.3 is 5.73 Å². The number of benzene rings is 2. The van der Waals surface area contributed by atoms with Crippen LogP contribution in [0.4, 0.5) is 0 Å². The summed E-state index contributed by atoms with van der Waals surface area (Å²) in [5, 5.41) is 0. The molecule has 0 fully saturated rings. The normalized spacial score (nSPS) is 10.2. The molecule has 2 N–H and O–H groups in total. The molecule has 0 unspecified atom stereocenters. The molecule has 17 heavy (non-hydrogen) atoms. The first kappa shape index (κ1) is 11.4. The van der Waals surface area contributed by atoms with Gasteiger partial charge in [0.05, 0.1) is 0 Å². The Morgan fingerprint density at radius 1 is 1.00 bits per heavy atom. The second kappa shape index (κ2) is 4.42. The topological polar surface area (TPSA) is 43.1 Å². The van der Waals surface area contributed by atoms with Gasteiger partial charge in [-0.15, -0.1) is 0 Å². The Labute approximate surface area is 101 Å². The zero-order valence-electron chi connectivity index (χ0n) is 10.0. The van der Waals surface area contributed by atoms with Crippen molar-refractivity contribution in [1.29, 1.82) is 0 Å². The molecule has 2 aromatic rings. The number of hydrogen-bond acceptors (Lipinski definition) is 1. The van der Waals surface area contributed by atoms with Crippen LogP contribution in [-0.2, 0) is 0 Å². The van der Waals surface area contributed by atoms with E-state index in [1.807, 2.05) is 50.2 Å². The summed E-state index contributed by atoms with van der Waals surface area (Å²) in [7, 11) is 0. The van der Waals surface area contributed by atoms with Crippen LogP contribution in [0.1, 0.15) is 21.5 Å². The minimum Gasteiger partial charge on any atom is -0.366 e. The van der Waals surface area contributed by atoms with Crippen LogP contribution in [0.3, 0.4) is 0 Å². The van der Waals surface area contributed by atoms with Gasteiger partial charge in [0.15, 0.2) is 0 Å². The zero-order chi connectivity index (χ0) is 12.4. The van der Waals surface area contributed by atoms with E-state index in [9.17, 15) is 4.79 Å². The van der Waals surface area contributed by atoms with E-state index in [4.69, 9.17) is 5.73 Å². The van der Waals surface area contributed by atoms with Crippen molar-refractivity contribution in [2.75, 3.05) is 0 Å². The lowest BCUT2D eigenvalue weighted by Gasteiger charge is -2.12. The van der Waals surface area contributed by atoms with E-state index in [1.54, 1.807) is 6.07 Å². The quantitative estimate of drug-likeness (QED) is 0.838. The number of aryl methyl sites for hydroxylation is 1. The fraction of sp³-hybridized carbons (Fsp3) is 0.133. The van der Waals surface area contributed by atoms with Crippen LogP contribution in [0.25, 0.3) is 11.1 Å². The van der Waals surface area contributed by atoms with Gasteiger partial charge in [0.2, 0.25) is 5.91 Å². The summed E-state index contributed by atoms with van der Waals surface area (Å²) in [5.41, 5.74) is 10.3. The van der Waals surface area contributed by atoms with Crippen molar-refractivity contribution < 1.29 is 4.79 Å². The first-order valence-corrected chi connectivity index (χ1v) is 5.56. The van der Waals surface area contributed by atoms with E-state index in [0.717, 1.165) is 22.3 Å². The Bertz CT molecular complexity index is 559. The van der Waals surface area contributed by atoms with Gasteiger partial charge in [-0.2, -0.15) is 0 Å². The van der Waals surface area contributed by atoms with Crippen molar-refractivity contribution >= 4 is 5.91 Å². The summed E-state index contributed by atoms with van der Waals surface area (Å²) in [6.07, 6.45) is 0. The molecular formula is C15H15NO. The Morgan fingerprint density at radius 3 is 2.24 bits per heavy atom. The van der Waals surface area contributed by atoms with Gasteiger partial charge in [-0.1, -0.05) is 36.4 Å². The van der Waals surface area contributed by atoms with Crippen LogP contribution in [0.2, 0.25) is 0 Å². The summed E-state index contributed by atoms with van der Waals surface area (Å²) in [4.78, 5) is 11.3. The molecule has 1 amide bonds. The molecule has 0 aliphatic heterocycles. The average Bonchev–Trinajstić information content (AvgIpc) is 2.30. The highest BCUT2D eigenvalue weighted by molar-refractivity contribution is 5.96. The number of primary amides is 1. The number of carbonyl (C=O) groups excluding carboxylic acids is 1. The number of nitrogens with two attached hydrogens (primary N) is 1. The summed E-state index contributed by atoms with van der Waals surface area (Å²) < 4.78 is 0. The van der Waals surface area contributed by atoms with Crippen LogP contribution >= 0.6 is 0 Å². The minimum atomic E-state index is -0.375. The molecule has 0 atom stereocenters. The van der Waals surface area contributed by atoms with E-state index in [1.165, 1.54) is 0 Å². The maximum absolute atomic E-state index is 11.3. The van der Waals surface area contributed by atoms with E-state index in [-0.39, 0.29) is 5.91 Å². The average molecular weight is 225 g/mol. The number of hydrogen-bond donors (Lipinski definition) is 1. The largest absolute Gasteiger partial charge is 0.366 e. The molecule has 0 aromatic heterocycles. The van der Waals surface area contributed by atoms with Gasteiger partial charge in [0.1, 0.15) is 0 Å². The zero-order valence-corrected chi connectivity index (χ0v) is 10.0. The van der Waals surface area contributed by atoms with Gasteiger partial charge in [-0.05, 0) is 42.2 Å². The Kier molecular flexibility index (Phi) is 2.96. The molecule has 0 aliphatic carbocycles. The Morgan fingerprint density at radius 2 is 1.65 bits per heavy atom. The molecule has 0 bridgehead atoms. The maximum atomic E-state index is 11.3. The van der Waals surface area contributed by atoms with Gasteiger partial charge in [0.25, 0.3) is 0 Å². The highest BCUT2D eigenvalue weighted by atomic mass is 16.1. The lowest BCUT2D eigenvalue weighted by molar-refractivity contribution is 0.1000. The fourth-order valence-electron chi connectivity index (χ4n) is 2.16. The monoisotopic (exact) mass is 225 g/mol. The van der Waals surface area contributed by atoms with Crippen LogP contribution < -0.4 is 5.73 Å². The lowest BCUT2D eigenvalue weighted by atomic mass is 9.92. The first-order chi connectivity index (χ1) is 8.11. The summed E-state index contributed by atoms with van der Waals surface area (Å²) >= 11 is 0. The number of rotatable bonds is 2. The maximum Gasteiger partial charge on any atom is 0.248 e. The molecule has 0 spiro atoms. The molecule has 86 valence electrons. The van der Waals surface area contributed by atoms with Crippen molar-refractivity contribution in [2.24, 2.45) is 5.73 Å².